The van der Waals surface area contributed by atoms with Crippen LogP contribution in [0.3, 0.4) is 0 Å². The van der Waals surface area contributed by atoms with Crippen molar-refractivity contribution >= 4 is 91.7 Å². The highest BCUT2D eigenvalue weighted by molar-refractivity contribution is 7.25. The number of para-hydroxylation sites is 1. The van der Waals surface area contributed by atoms with Crippen molar-refractivity contribution in [2.24, 2.45) is 0 Å². The molecule has 0 bridgehead atoms. The molecule has 2 aromatic heterocycles. The third-order valence-corrected chi connectivity index (χ3v) is 11.7. The number of fused-ring (bicyclic) bond motifs is 8. The number of nitrogens with zero attached hydrogens (tertiary/aromatic N) is 2. The Morgan fingerprint density at radius 3 is 1.88 bits per heavy atom. The Bertz CT molecular complexity index is 2820. The molecule has 2 nitrogen and oxygen atoms in total. The van der Waals surface area contributed by atoms with Crippen molar-refractivity contribution < 1.29 is 0 Å². The van der Waals surface area contributed by atoms with Crippen molar-refractivity contribution in [2.45, 2.75) is 0 Å². The topological polar surface area (TPSA) is 16.1 Å². The minimum atomic E-state index is 1.03. The van der Waals surface area contributed by atoms with Gasteiger partial charge in [-0.05, 0) is 87.9 Å². The van der Waals surface area contributed by atoms with Crippen molar-refractivity contribution in [3.63, 3.8) is 0 Å². The third kappa shape index (κ3) is 4.72. The molecule has 0 fully saturated rings. The summed E-state index contributed by atoms with van der Waals surface area (Å²) < 4.78 is 3.84. The molecule has 0 aliphatic heterocycles. The number of hydrogen-bond acceptors (Lipinski definition) is 4. The van der Waals surface area contributed by atoms with E-state index in [2.05, 4.69) is 175 Å². The van der Waals surface area contributed by atoms with Crippen LogP contribution in [0, 0.1) is 0 Å². The fourth-order valence-electron chi connectivity index (χ4n) is 7.18. The Labute approximate surface area is 291 Å². The Morgan fingerprint density at radius 1 is 0.429 bits per heavy atom. The van der Waals surface area contributed by atoms with E-state index in [0.29, 0.717) is 0 Å². The second-order valence-corrected chi connectivity index (χ2v) is 14.4. The monoisotopic (exact) mass is 660 g/mol. The van der Waals surface area contributed by atoms with Crippen molar-refractivity contribution in [2.75, 3.05) is 4.90 Å². The van der Waals surface area contributed by atoms with E-state index in [4.69, 9.17) is 4.98 Å². The van der Waals surface area contributed by atoms with E-state index < -0.39 is 0 Å². The summed E-state index contributed by atoms with van der Waals surface area (Å²) in [6.45, 7) is 0. The van der Waals surface area contributed by atoms with E-state index >= 15 is 0 Å². The van der Waals surface area contributed by atoms with Crippen LogP contribution in [0.25, 0.3) is 73.6 Å². The number of thiazole rings is 1. The van der Waals surface area contributed by atoms with Gasteiger partial charge in [0.05, 0.1) is 10.2 Å². The molecule has 49 heavy (non-hydrogen) atoms. The van der Waals surface area contributed by atoms with E-state index in [0.717, 1.165) is 33.1 Å². The number of aromatic nitrogens is 1. The largest absolute Gasteiger partial charge is 0.310 e. The zero-order valence-electron chi connectivity index (χ0n) is 26.4. The van der Waals surface area contributed by atoms with Gasteiger partial charge in [0, 0.05) is 48.2 Å². The minimum absolute atomic E-state index is 1.03. The average molecular weight is 661 g/mol. The van der Waals surface area contributed by atoms with Crippen LogP contribution in [0.4, 0.5) is 17.1 Å². The van der Waals surface area contributed by atoms with E-state index in [1.54, 1.807) is 11.3 Å². The summed E-state index contributed by atoms with van der Waals surface area (Å²) in [4.78, 5) is 7.55. The molecule has 0 spiro atoms. The summed E-state index contributed by atoms with van der Waals surface area (Å²) in [7, 11) is 0. The van der Waals surface area contributed by atoms with Crippen LogP contribution in [-0.2, 0) is 0 Å². The van der Waals surface area contributed by atoms with Gasteiger partial charge >= 0.3 is 0 Å². The third-order valence-electron chi connectivity index (χ3n) is 9.45. The average Bonchev–Trinajstić information content (AvgIpc) is 3.78. The molecule has 0 N–H and O–H groups in total. The Morgan fingerprint density at radius 2 is 1.08 bits per heavy atom. The predicted molar refractivity (Wildman–Crippen MR) is 213 cm³/mol. The van der Waals surface area contributed by atoms with Gasteiger partial charge in [-0.2, -0.15) is 0 Å². The van der Waals surface area contributed by atoms with Gasteiger partial charge in [0.15, 0.2) is 0 Å². The summed E-state index contributed by atoms with van der Waals surface area (Å²) >= 11 is 3.64. The van der Waals surface area contributed by atoms with E-state index in [1.807, 2.05) is 11.3 Å². The summed E-state index contributed by atoms with van der Waals surface area (Å²) in [5.74, 6) is 0. The van der Waals surface area contributed by atoms with E-state index in [-0.39, 0.29) is 0 Å². The summed E-state index contributed by atoms with van der Waals surface area (Å²) in [6, 6.07) is 61.4. The van der Waals surface area contributed by atoms with Crippen LogP contribution in [0.5, 0.6) is 0 Å². The lowest BCUT2D eigenvalue weighted by atomic mass is 9.92. The first-order chi connectivity index (χ1) is 24.3. The Balaban J connectivity index is 1.25. The van der Waals surface area contributed by atoms with Crippen molar-refractivity contribution in [3.05, 3.63) is 170 Å². The van der Waals surface area contributed by atoms with Crippen LogP contribution in [-0.4, -0.2) is 4.98 Å². The zero-order valence-corrected chi connectivity index (χ0v) is 28.0. The maximum absolute atomic E-state index is 5.15. The van der Waals surface area contributed by atoms with Crippen LogP contribution >= 0.6 is 22.7 Å². The molecule has 0 amide bonds. The Kier molecular flexibility index (Phi) is 6.57. The first-order valence-electron chi connectivity index (χ1n) is 16.5. The van der Waals surface area contributed by atoms with Gasteiger partial charge in [0.1, 0.15) is 5.01 Å². The van der Waals surface area contributed by atoms with Gasteiger partial charge < -0.3 is 4.90 Å². The van der Waals surface area contributed by atoms with Gasteiger partial charge in [-0.15, -0.1) is 22.7 Å². The molecule has 10 aromatic rings. The summed E-state index contributed by atoms with van der Waals surface area (Å²) in [5, 5.41) is 8.56. The second-order valence-electron chi connectivity index (χ2n) is 12.4. The molecule has 0 unspecified atom stereocenters. The molecule has 0 aliphatic carbocycles. The lowest BCUT2D eigenvalue weighted by Crippen LogP contribution is -2.09. The molecule has 10 rings (SSSR count). The fourth-order valence-corrected chi connectivity index (χ4v) is 9.40. The van der Waals surface area contributed by atoms with Crippen LogP contribution in [0.1, 0.15) is 0 Å². The quantitative estimate of drug-likeness (QED) is 0.171. The lowest BCUT2D eigenvalue weighted by Gasteiger charge is -2.26. The highest BCUT2D eigenvalue weighted by atomic mass is 32.1. The molecule has 0 saturated carbocycles. The highest BCUT2D eigenvalue weighted by Crippen LogP contribution is 2.45. The first-order valence-corrected chi connectivity index (χ1v) is 18.1. The molecular formula is C45H28N2S2. The van der Waals surface area contributed by atoms with Gasteiger partial charge in [0.2, 0.25) is 0 Å². The molecule has 0 saturated heterocycles. The van der Waals surface area contributed by atoms with Crippen molar-refractivity contribution in [1.82, 2.24) is 4.98 Å². The van der Waals surface area contributed by atoms with Gasteiger partial charge in [-0.25, -0.2) is 4.98 Å². The van der Waals surface area contributed by atoms with E-state index in [1.165, 1.54) is 57.5 Å². The van der Waals surface area contributed by atoms with Gasteiger partial charge in [-0.3, -0.25) is 0 Å². The van der Waals surface area contributed by atoms with Gasteiger partial charge in [-0.1, -0.05) is 109 Å². The standard InChI is InChI=1S/C45H28N2S2/c1-4-12-29(13-5-1)37-26-31-20-21-33(27-38(31)43-36(37)23-24-40-44(43)49-45(46-40)30-14-6-2-7-15-30)47(32-16-8-3-9-17-32)34-22-25-42-39(28-34)35-18-10-11-19-41(35)48-42/h1-28H. The molecular weight excluding hydrogens is 633 g/mol. The molecule has 0 radical (unpaired) electrons. The Hall–Kier alpha value is -5.81. The molecule has 4 heteroatoms. The van der Waals surface area contributed by atoms with Crippen LogP contribution < -0.4 is 4.90 Å². The lowest BCUT2D eigenvalue weighted by molar-refractivity contribution is 1.30. The number of anilines is 3. The number of thiophene rings is 1. The fraction of sp³-hybridized carbons (Fsp3) is 0. The first kappa shape index (κ1) is 28.2. The smallest absolute Gasteiger partial charge is 0.124 e. The van der Waals surface area contributed by atoms with Crippen molar-refractivity contribution in [3.8, 4) is 21.7 Å². The van der Waals surface area contributed by atoms with Crippen LogP contribution in [0.2, 0.25) is 0 Å². The van der Waals surface area contributed by atoms with Gasteiger partial charge in [0.25, 0.3) is 0 Å². The van der Waals surface area contributed by atoms with E-state index in [9.17, 15) is 0 Å². The summed E-state index contributed by atoms with van der Waals surface area (Å²) in [6.07, 6.45) is 0. The zero-order chi connectivity index (χ0) is 32.3. The number of hydrogen-bond donors (Lipinski definition) is 0. The molecule has 230 valence electrons. The maximum atomic E-state index is 5.15. The van der Waals surface area contributed by atoms with Crippen LogP contribution in [0.15, 0.2) is 170 Å². The molecule has 0 atom stereocenters. The molecule has 2 heterocycles. The maximum Gasteiger partial charge on any atom is 0.124 e. The van der Waals surface area contributed by atoms with Crippen molar-refractivity contribution in [1.29, 1.82) is 0 Å². The minimum Gasteiger partial charge on any atom is -0.310 e. The SMILES string of the molecule is c1ccc(-c2nc3ccc4c(-c5ccccc5)cc5ccc(N(c6ccccc6)c6ccc7sc8ccccc8c7c6)cc5c4c3s2)cc1. The highest BCUT2D eigenvalue weighted by Gasteiger charge is 2.19. The summed E-state index contributed by atoms with van der Waals surface area (Å²) in [5.41, 5.74) is 8.02. The second kappa shape index (κ2) is 11.4. The number of benzene rings is 8. The number of rotatable bonds is 5. The normalized spacial score (nSPS) is 11.7. The molecule has 0 aliphatic rings. The molecule has 8 aromatic carbocycles. The predicted octanol–water partition coefficient (Wildman–Crippen LogP) is 13.8.